The highest BCUT2D eigenvalue weighted by Crippen LogP contribution is 2.21. The van der Waals surface area contributed by atoms with Crippen molar-refractivity contribution < 1.29 is 4.74 Å². The van der Waals surface area contributed by atoms with E-state index in [-0.39, 0.29) is 0 Å². The van der Waals surface area contributed by atoms with Crippen molar-refractivity contribution in [1.29, 1.82) is 0 Å². The summed E-state index contributed by atoms with van der Waals surface area (Å²) < 4.78 is 5.60. The summed E-state index contributed by atoms with van der Waals surface area (Å²) in [6, 6.07) is 1.72. The summed E-state index contributed by atoms with van der Waals surface area (Å²) in [5.74, 6) is 3.74. The lowest BCUT2D eigenvalue weighted by Crippen LogP contribution is -2.26. The molecule has 1 N–H and O–H groups in total. The minimum atomic E-state index is -0.672. The molecule has 0 aliphatic carbocycles. The number of thioether (sulfide) groups is 1. The summed E-state index contributed by atoms with van der Waals surface area (Å²) in [5, 5.41) is 3.60. The molecular weight excluding hydrogens is 222 g/mol. The Labute approximate surface area is 100 Å². The Morgan fingerprint density at radius 1 is 1.50 bits per heavy atom. The maximum Gasteiger partial charge on any atom is 0.220 e. The quantitative estimate of drug-likeness (QED) is 0.493. The van der Waals surface area contributed by atoms with E-state index < -0.39 is 5.60 Å². The third kappa shape index (κ3) is 3.31. The molecule has 0 atom stereocenters. The van der Waals surface area contributed by atoms with Crippen LogP contribution in [0.3, 0.4) is 0 Å². The summed E-state index contributed by atoms with van der Waals surface area (Å²) in [6.07, 6.45) is 7.26. The van der Waals surface area contributed by atoms with E-state index in [0.29, 0.717) is 16.9 Å². The first-order chi connectivity index (χ1) is 7.50. The van der Waals surface area contributed by atoms with Gasteiger partial charge < -0.3 is 10.1 Å². The highest BCUT2D eigenvalue weighted by Gasteiger charge is 2.17. The third-order valence-corrected chi connectivity index (χ3v) is 2.38. The Balaban J connectivity index is 3.01. The van der Waals surface area contributed by atoms with Gasteiger partial charge in [0.2, 0.25) is 5.88 Å². The summed E-state index contributed by atoms with van der Waals surface area (Å²) >= 11 is 1.45. The lowest BCUT2D eigenvalue weighted by atomic mass is 10.1. The van der Waals surface area contributed by atoms with Crippen LogP contribution in [0.5, 0.6) is 5.88 Å². The zero-order valence-electron chi connectivity index (χ0n) is 9.87. The van der Waals surface area contributed by atoms with Crippen molar-refractivity contribution >= 4 is 17.6 Å². The number of ether oxygens (including phenoxy) is 1. The Morgan fingerprint density at radius 2 is 2.19 bits per heavy atom. The maximum atomic E-state index is 5.60. The van der Waals surface area contributed by atoms with E-state index in [9.17, 15) is 0 Å². The molecule has 0 aliphatic heterocycles. The van der Waals surface area contributed by atoms with Crippen LogP contribution in [-0.4, -0.2) is 28.9 Å². The first kappa shape index (κ1) is 12.7. The second-order valence-corrected chi connectivity index (χ2v) is 4.36. The second kappa shape index (κ2) is 5.08. The number of nitrogens with zero attached hydrogens (tertiary/aromatic N) is 2. The molecule has 86 valence electrons. The number of terminal acetylenes is 1. The number of hydrogen-bond donors (Lipinski definition) is 1. The molecule has 5 heteroatoms. The fraction of sp³-hybridized carbons (Fsp3) is 0.455. The van der Waals surface area contributed by atoms with Crippen LogP contribution in [0.1, 0.15) is 13.8 Å². The normalized spacial score (nSPS) is 10.7. The van der Waals surface area contributed by atoms with E-state index >= 15 is 0 Å². The number of hydrogen-bond acceptors (Lipinski definition) is 5. The van der Waals surface area contributed by atoms with Crippen molar-refractivity contribution in [3.63, 3.8) is 0 Å². The first-order valence-electron chi connectivity index (χ1n) is 4.78. The standard InChI is InChI=1S/C11H15N3OS/c1-6-11(2,3)15-9-7-8(12-4)13-10(14-9)16-5/h1,7H,2-5H3,(H,12,13,14). The smallest absolute Gasteiger partial charge is 0.220 e. The van der Waals surface area contributed by atoms with Gasteiger partial charge in [-0.3, -0.25) is 0 Å². The van der Waals surface area contributed by atoms with Gasteiger partial charge in [-0.25, -0.2) is 4.98 Å². The minimum Gasteiger partial charge on any atom is -0.458 e. The monoisotopic (exact) mass is 237 g/mol. The number of nitrogens with one attached hydrogen (secondary N) is 1. The van der Waals surface area contributed by atoms with Gasteiger partial charge in [0.05, 0.1) is 0 Å². The molecule has 0 amide bonds. The van der Waals surface area contributed by atoms with Crippen LogP contribution < -0.4 is 10.1 Å². The predicted molar refractivity (Wildman–Crippen MR) is 66.9 cm³/mol. The molecule has 1 aromatic rings. The summed E-state index contributed by atoms with van der Waals surface area (Å²) in [7, 11) is 1.79. The van der Waals surface area contributed by atoms with E-state index in [1.54, 1.807) is 13.1 Å². The number of anilines is 1. The molecule has 0 aliphatic rings. The highest BCUT2D eigenvalue weighted by atomic mass is 32.2. The average Bonchev–Trinajstić information content (AvgIpc) is 2.28. The lowest BCUT2D eigenvalue weighted by molar-refractivity contribution is 0.163. The molecule has 0 aromatic carbocycles. The topological polar surface area (TPSA) is 47.0 Å². The van der Waals surface area contributed by atoms with Crippen LogP contribution in [0.25, 0.3) is 0 Å². The van der Waals surface area contributed by atoms with Gasteiger partial charge in [0, 0.05) is 13.1 Å². The number of rotatable bonds is 4. The summed E-state index contributed by atoms with van der Waals surface area (Å²) in [4.78, 5) is 8.46. The molecular formula is C11H15N3OS. The largest absolute Gasteiger partial charge is 0.458 e. The van der Waals surface area contributed by atoms with E-state index in [4.69, 9.17) is 11.2 Å². The van der Waals surface area contributed by atoms with Gasteiger partial charge in [-0.1, -0.05) is 17.7 Å². The molecule has 16 heavy (non-hydrogen) atoms. The zero-order chi connectivity index (χ0) is 12.2. The number of aromatic nitrogens is 2. The van der Waals surface area contributed by atoms with Crippen molar-refractivity contribution in [3.05, 3.63) is 6.07 Å². The molecule has 0 fully saturated rings. The van der Waals surface area contributed by atoms with Crippen molar-refractivity contribution in [3.8, 4) is 18.2 Å². The average molecular weight is 237 g/mol. The van der Waals surface area contributed by atoms with Crippen LogP contribution in [0, 0.1) is 12.3 Å². The molecule has 0 radical (unpaired) electrons. The first-order valence-corrected chi connectivity index (χ1v) is 6.01. The Kier molecular flexibility index (Phi) is 4.02. The van der Waals surface area contributed by atoms with Gasteiger partial charge in [0.1, 0.15) is 5.82 Å². The van der Waals surface area contributed by atoms with E-state index in [1.807, 2.05) is 20.1 Å². The lowest BCUT2D eigenvalue weighted by Gasteiger charge is -2.19. The highest BCUT2D eigenvalue weighted by molar-refractivity contribution is 7.98. The molecule has 1 rings (SSSR count). The van der Waals surface area contributed by atoms with Crippen molar-refractivity contribution in [1.82, 2.24) is 9.97 Å². The van der Waals surface area contributed by atoms with E-state index in [0.717, 1.165) is 0 Å². The second-order valence-electron chi connectivity index (χ2n) is 3.58. The van der Waals surface area contributed by atoms with Crippen LogP contribution in [0.4, 0.5) is 5.82 Å². The van der Waals surface area contributed by atoms with Gasteiger partial charge in [-0.15, -0.1) is 6.42 Å². The van der Waals surface area contributed by atoms with Crippen LogP contribution >= 0.6 is 11.8 Å². The molecule has 0 spiro atoms. The SMILES string of the molecule is C#CC(C)(C)Oc1cc(NC)nc(SC)n1. The van der Waals surface area contributed by atoms with Gasteiger partial charge >= 0.3 is 0 Å². The van der Waals surface area contributed by atoms with E-state index in [2.05, 4.69) is 21.2 Å². The molecule has 4 nitrogen and oxygen atoms in total. The van der Waals surface area contributed by atoms with Crippen molar-refractivity contribution in [2.75, 3.05) is 18.6 Å². The molecule has 0 bridgehead atoms. The Morgan fingerprint density at radius 3 is 2.69 bits per heavy atom. The Bertz CT molecular complexity index is 390. The van der Waals surface area contributed by atoms with Gasteiger partial charge in [0.25, 0.3) is 0 Å². The molecule has 1 heterocycles. The fourth-order valence-electron chi connectivity index (χ4n) is 0.966. The molecule has 0 saturated heterocycles. The summed E-state index contributed by atoms with van der Waals surface area (Å²) in [5.41, 5.74) is -0.672. The van der Waals surface area contributed by atoms with Crippen LogP contribution in [0.2, 0.25) is 0 Å². The van der Waals surface area contributed by atoms with Crippen LogP contribution in [-0.2, 0) is 0 Å². The van der Waals surface area contributed by atoms with Gasteiger partial charge in [0.15, 0.2) is 10.8 Å². The molecule has 0 unspecified atom stereocenters. The molecule has 0 saturated carbocycles. The summed E-state index contributed by atoms with van der Waals surface area (Å²) in [6.45, 7) is 3.62. The van der Waals surface area contributed by atoms with Crippen molar-refractivity contribution in [2.24, 2.45) is 0 Å². The van der Waals surface area contributed by atoms with E-state index in [1.165, 1.54) is 11.8 Å². The Hall–Kier alpha value is -1.41. The predicted octanol–water partition coefficient (Wildman–Crippen LogP) is 2.03. The zero-order valence-corrected chi connectivity index (χ0v) is 10.7. The van der Waals surface area contributed by atoms with Crippen molar-refractivity contribution in [2.45, 2.75) is 24.6 Å². The van der Waals surface area contributed by atoms with Crippen LogP contribution in [0.15, 0.2) is 11.2 Å². The maximum absolute atomic E-state index is 5.60. The minimum absolute atomic E-state index is 0.478. The van der Waals surface area contributed by atoms with Gasteiger partial charge in [-0.05, 0) is 20.1 Å². The third-order valence-electron chi connectivity index (χ3n) is 1.83. The molecule has 1 aromatic heterocycles. The fourth-order valence-corrected chi connectivity index (χ4v) is 1.34. The van der Waals surface area contributed by atoms with Gasteiger partial charge in [-0.2, -0.15) is 4.98 Å².